The van der Waals surface area contributed by atoms with E-state index >= 15 is 0 Å². The minimum Gasteiger partial charge on any atom is -0.492 e. The summed E-state index contributed by atoms with van der Waals surface area (Å²) in [5.74, 6) is 1.20. The molecule has 2 heterocycles. The van der Waals surface area contributed by atoms with Crippen LogP contribution in [-0.4, -0.2) is 38.3 Å². The third-order valence-electron chi connectivity index (χ3n) is 5.01. The summed E-state index contributed by atoms with van der Waals surface area (Å²) in [7, 11) is -3.82. The molecule has 1 N–H and O–H groups in total. The van der Waals surface area contributed by atoms with Gasteiger partial charge in [-0.25, -0.2) is 8.42 Å². The summed E-state index contributed by atoms with van der Waals surface area (Å²) >= 11 is 3.32. The second kappa shape index (κ2) is 9.23. The van der Waals surface area contributed by atoms with Gasteiger partial charge in [-0.3, -0.25) is 4.72 Å². The Bertz CT molecular complexity index is 1150. The zero-order valence-electron chi connectivity index (χ0n) is 17.1. The van der Waals surface area contributed by atoms with E-state index < -0.39 is 10.0 Å². The van der Waals surface area contributed by atoms with Gasteiger partial charge in [0.05, 0.1) is 12.3 Å². The van der Waals surface area contributed by atoms with Gasteiger partial charge in [0, 0.05) is 28.8 Å². The van der Waals surface area contributed by atoms with E-state index in [-0.39, 0.29) is 4.90 Å². The van der Waals surface area contributed by atoms with E-state index in [1.54, 1.807) is 24.3 Å². The number of anilines is 2. The summed E-state index contributed by atoms with van der Waals surface area (Å²) in [5, 5.41) is 8.68. The maximum atomic E-state index is 12.9. The van der Waals surface area contributed by atoms with Crippen LogP contribution in [0.5, 0.6) is 5.75 Å². The first-order valence-electron chi connectivity index (χ1n) is 10.1. The number of hydrogen-bond donors (Lipinski definition) is 1. The van der Waals surface area contributed by atoms with Gasteiger partial charge in [0.2, 0.25) is 0 Å². The molecule has 0 unspecified atom stereocenters. The molecular weight excluding hydrogens is 480 g/mol. The Labute approximate surface area is 190 Å². The van der Waals surface area contributed by atoms with Crippen LogP contribution >= 0.6 is 15.9 Å². The third kappa shape index (κ3) is 4.99. The number of ether oxygens (including phenoxy) is 1. The Balaban J connectivity index is 1.51. The van der Waals surface area contributed by atoms with E-state index in [4.69, 9.17) is 4.74 Å². The highest BCUT2D eigenvalue weighted by Crippen LogP contribution is 2.30. The lowest BCUT2D eigenvalue weighted by atomic mass is 10.1. The molecular formula is C22H23BrN4O3S. The normalized spacial score (nSPS) is 13.9. The molecule has 31 heavy (non-hydrogen) atoms. The molecule has 0 atom stereocenters. The SMILES string of the molecule is CCOc1ccc(Br)cc1S(=O)(=O)Nc1ccc(-c2ccc(N3CCCC3)nn2)cc1. The number of halogens is 1. The number of nitrogens with zero attached hydrogens (tertiary/aromatic N) is 3. The first-order chi connectivity index (χ1) is 15.0. The molecule has 162 valence electrons. The molecule has 1 saturated heterocycles. The fraction of sp³-hybridized carbons (Fsp3) is 0.273. The van der Waals surface area contributed by atoms with Gasteiger partial charge in [0.15, 0.2) is 5.82 Å². The van der Waals surface area contributed by atoms with Crippen molar-refractivity contribution in [1.82, 2.24) is 10.2 Å². The van der Waals surface area contributed by atoms with Crippen molar-refractivity contribution >= 4 is 37.5 Å². The lowest BCUT2D eigenvalue weighted by Crippen LogP contribution is -2.19. The monoisotopic (exact) mass is 502 g/mol. The Morgan fingerprint density at radius 1 is 1.03 bits per heavy atom. The van der Waals surface area contributed by atoms with Gasteiger partial charge in [-0.1, -0.05) is 28.1 Å². The first-order valence-corrected chi connectivity index (χ1v) is 12.4. The summed E-state index contributed by atoms with van der Waals surface area (Å²) in [4.78, 5) is 2.31. The molecule has 4 rings (SSSR count). The molecule has 1 aliphatic rings. The molecule has 0 aliphatic carbocycles. The predicted molar refractivity (Wildman–Crippen MR) is 125 cm³/mol. The van der Waals surface area contributed by atoms with Gasteiger partial charge in [-0.2, -0.15) is 0 Å². The van der Waals surface area contributed by atoms with E-state index in [9.17, 15) is 8.42 Å². The van der Waals surface area contributed by atoms with Crippen LogP contribution in [-0.2, 0) is 10.0 Å². The second-order valence-electron chi connectivity index (χ2n) is 7.18. The van der Waals surface area contributed by atoms with E-state index in [0.29, 0.717) is 22.5 Å². The molecule has 2 aromatic carbocycles. The topological polar surface area (TPSA) is 84.4 Å². The van der Waals surface area contributed by atoms with Crippen molar-refractivity contribution in [3.05, 3.63) is 59.1 Å². The predicted octanol–water partition coefficient (Wildman–Crippen LogP) is 4.71. The highest BCUT2D eigenvalue weighted by Gasteiger charge is 2.20. The van der Waals surface area contributed by atoms with Gasteiger partial charge >= 0.3 is 0 Å². The Morgan fingerprint density at radius 2 is 1.77 bits per heavy atom. The number of hydrogen-bond acceptors (Lipinski definition) is 6. The largest absolute Gasteiger partial charge is 0.492 e. The minimum atomic E-state index is -3.82. The van der Waals surface area contributed by atoms with Crippen LogP contribution in [0.1, 0.15) is 19.8 Å². The quantitative estimate of drug-likeness (QED) is 0.503. The van der Waals surface area contributed by atoms with E-state index in [1.807, 2.05) is 31.2 Å². The number of sulfonamides is 1. The summed E-state index contributed by atoms with van der Waals surface area (Å²) in [5.41, 5.74) is 2.05. The number of rotatable bonds is 7. The molecule has 0 amide bonds. The zero-order chi connectivity index (χ0) is 21.8. The highest BCUT2D eigenvalue weighted by atomic mass is 79.9. The van der Waals surface area contributed by atoms with Crippen LogP contribution < -0.4 is 14.4 Å². The molecule has 7 nitrogen and oxygen atoms in total. The standard InChI is InChI=1S/C22H23BrN4O3S/c1-2-30-20-11-7-17(23)15-21(20)31(28,29)26-18-8-5-16(6-9-18)19-10-12-22(25-24-19)27-13-3-4-14-27/h5-12,15,26H,2-4,13-14H2,1H3. The number of nitrogens with one attached hydrogen (secondary N) is 1. The Hall–Kier alpha value is -2.65. The Morgan fingerprint density at radius 3 is 2.42 bits per heavy atom. The molecule has 0 saturated carbocycles. The summed E-state index contributed by atoms with van der Waals surface area (Å²) in [6.07, 6.45) is 2.37. The van der Waals surface area contributed by atoms with Gasteiger partial charge in [0.1, 0.15) is 10.6 Å². The maximum Gasteiger partial charge on any atom is 0.265 e. The van der Waals surface area contributed by atoms with Crippen molar-refractivity contribution in [1.29, 1.82) is 0 Å². The van der Waals surface area contributed by atoms with Crippen LogP contribution in [0.15, 0.2) is 64.0 Å². The zero-order valence-corrected chi connectivity index (χ0v) is 19.5. The molecule has 0 bridgehead atoms. The van der Waals surface area contributed by atoms with Gasteiger partial charge in [-0.05, 0) is 62.2 Å². The molecule has 1 aliphatic heterocycles. The van der Waals surface area contributed by atoms with Crippen LogP contribution in [0.25, 0.3) is 11.3 Å². The molecule has 1 aromatic heterocycles. The lowest BCUT2D eigenvalue weighted by Gasteiger charge is -2.15. The summed E-state index contributed by atoms with van der Waals surface area (Å²) < 4.78 is 34.6. The lowest BCUT2D eigenvalue weighted by molar-refractivity contribution is 0.331. The Kier molecular flexibility index (Phi) is 6.43. The van der Waals surface area contributed by atoms with Gasteiger partial charge < -0.3 is 9.64 Å². The van der Waals surface area contributed by atoms with E-state index in [0.717, 1.165) is 30.2 Å². The van der Waals surface area contributed by atoms with Crippen molar-refractivity contribution in [2.75, 3.05) is 29.3 Å². The molecule has 9 heteroatoms. The van der Waals surface area contributed by atoms with Gasteiger partial charge in [-0.15, -0.1) is 10.2 Å². The summed E-state index contributed by atoms with van der Waals surface area (Å²) in [6, 6.07) is 15.9. The third-order valence-corrected chi connectivity index (χ3v) is 6.90. The average molecular weight is 503 g/mol. The summed E-state index contributed by atoms with van der Waals surface area (Å²) in [6.45, 7) is 4.22. The molecule has 1 fully saturated rings. The van der Waals surface area contributed by atoms with Crippen LogP contribution in [0.4, 0.5) is 11.5 Å². The van der Waals surface area contributed by atoms with Gasteiger partial charge in [0.25, 0.3) is 10.0 Å². The molecule has 0 spiro atoms. The van der Waals surface area contributed by atoms with Crippen molar-refractivity contribution in [3.8, 4) is 17.0 Å². The highest BCUT2D eigenvalue weighted by molar-refractivity contribution is 9.10. The molecule has 0 radical (unpaired) electrons. The van der Waals surface area contributed by atoms with Crippen LogP contribution in [0.3, 0.4) is 0 Å². The van der Waals surface area contributed by atoms with Crippen molar-refractivity contribution in [2.45, 2.75) is 24.7 Å². The van der Waals surface area contributed by atoms with Crippen molar-refractivity contribution < 1.29 is 13.2 Å². The maximum absolute atomic E-state index is 12.9. The number of benzene rings is 2. The fourth-order valence-electron chi connectivity index (χ4n) is 3.48. The van der Waals surface area contributed by atoms with Crippen molar-refractivity contribution in [2.24, 2.45) is 0 Å². The first kappa shape index (κ1) is 21.6. The van der Waals surface area contributed by atoms with E-state index in [1.165, 1.54) is 18.9 Å². The average Bonchev–Trinajstić information content (AvgIpc) is 3.30. The van der Waals surface area contributed by atoms with Crippen molar-refractivity contribution in [3.63, 3.8) is 0 Å². The van der Waals surface area contributed by atoms with E-state index in [2.05, 4.69) is 35.7 Å². The van der Waals surface area contributed by atoms with Crippen LogP contribution in [0.2, 0.25) is 0 Å². The minimum absolute atomic E-state index is 0.0798. The molecule has 3 aromatic rings. The smallest absolute Gasteiger partial charge is 0.265 e. The number of aromatic nitrogens is 2. The van der Waals surface area contributed by atoms with Crippen LogP contribution in [0, 0.1) is 0 Å². The fourth-order valence-corrected chi connectivity index (χ4v) is 5.22. The second-order valence-corrected chi connectivity index (χ2v) is 9.74.